The maximum atomic E-state index is 12.1. The molecule has 0 spiro atoms. The highest BCUT2D eigenvalue weighted by atomic mass is 32.2. The Bertz CT molecular complexity index is 508. The van der Waals surface area contributed by atoms with Gasteiger partial charge in [0.2, 0.25) is 0 Å². The standard InChI is InChI=1S/C16H25NO3S/c1-20-15-9-12-17(13-10-15)11-5-6-14-21(18,19)16-7-3-2-4-8-16/h2-4,7-8,15H,5-6,9-14H2,1H3. The summed E-state index contributed by atoms with van der Waals surface area (Å²) in [7, 11) is -1.34. The summed E-state index contributed by atoms with van der Waals surface area (Å²) >= 11 is 0. The number of piperidine rings is 1. The summed E-state index contributed by atoms with van der Waals surface area (Å²) in [5.41, 5.74) is 0. The van der Waals surface area contributed by atoms with Crippen LogP contribution in [0, 0.1) is 0 Å². The lowest BCUT2D eigenvalue weighted by molar-refractivity contribution is 0.0408. The highest BCUT2D eigenvalue weighted by molar-refractivity contribution is 7.91. The summed E-state index contributed by atoms with van der Waals surface area (Å²) < 4.78 is 29.6. The minimum atomic E-state index is -3.11. The molecule has 4 nitrogen and oxygen atoms in total. The molecule has 1 aromatic carbocycles. The van der Waals surface area contributed by atoms with E-state index in [1.807, 2.05) is 6.07 Å². The molecule has 118 valence electrons. The Morgan fingerprint density at radius 1 is 1.14 bits per heavy atom. The second-order valence-corrected chi connectivity index (χ2v) is 7.72. The molecule has 1 fully saturated rings. The molecule has 2 rings (SSSR count). The van der Waals surface area contributed by atoms with Crippen molar-refractivity contribution in [3.05, 3.63) is 30.3 Å². The monoisotopic (exact) mass is 311 g/mol. The Kier molecular flexibility index (Phi) is 6.21. The number of nitrogens with zero attached hydrogens (tertiary/aromatic N) is 1. The zero-order valence-electron chi connectivity index (χ0n) is 12.7. The number of sulfone groups is 1. The quantitative estimate of drug-likeness (QED) is 0.725. The lowest BCUT2D eigenvalue weighted by Gasteiger charge is -2.31. The summed E-state index contributed by atoms with van der Waals surface area (Å²) in [4.78, 5) is 2.84. The summed E-state index contributed by atoms with van der Waals surface area (Å²) in [5.74, 6) is 0.242. The molecule has 0 aromatic heterocycles. The molecule has 0 N–H and O–H groups in total. The smallest absolute Gasteiger partial charge is 0.178 e. The second-order valence-electron chi connectivity index (χ2n) is 5.62. The van der Waals surface area contributed by atoms with E-state index in [0.29, 0.717) is 11.0 Å². The molecule has 0 radical (unpaired) electrons. The first kappa shape index (κ1) is 16.5. The van der Waals surface area contributed by atoms with Crippen molar-refractivity contribution >= 4 is 9.84 Å². The molecular weight excluding hydrogens is 286 g/mol. The summed E-state index contributed by atoms with van der Waals surface area (Å²) in [6, 6.07) is 8.72. The van der Waals surface area contributed by atoms with E-state index >= 15 is 0 Å². The Labute approximate surface area is 128 Å². The Morgan fingerprint density at radius 2 is 1.81 bits per heavy atom. The number of hydrogen-bond acceptors (Lipinski definition) is 4. The average Bonchev–Trinajstić information content (AvgIpc) is 2.53. The topological polar surface area (TPSA) is 46.6 Å². The van der Waals surface area contributed by atoms with Crippen LogP contribution in [-0.2, 0) is 14.6 Å². The minimum Gasteiger partial charge on any atom is -0.381 e. The molecule has 1 heterocycles. The highest BCUT2D eigenvalue weighted by Gasteiger charge is 2.18. The van der Waals surface area contributed by atoms with Crippen LogP contribution in [0.1, 0.15) is 25.7 Å². The van der Waals surface area contributed by atoms with Crippen LogP contribution in [0.15, 0.2) is 35.2 Å². The van der Waals surface area contributed by atoms with Crippen LogP contribution >= 0.6 is 0 Å². The van der Waals surface area contributed by atoms with E-state index in [-0.39, 0.29) is 5.75 Å². The Balaban J connectivity index is 1.68. The van der Waals surface area contributed by atoms with Gasteiger partial charge in [-0.2, -0.15) is 0 Å². The molecule has 5 heteroatoms. The van der Waals surface area contributed by atoms with Crippen LogP contribution < -0.4 is 0 Å². The molecule has 0 amide bonds. The van der Waals surface area contributed by atoms with Gasteiger partial charge < -0.3 is 9.64 Å². The summed E-state index contributed by atoms with van der Waals surface area (Å²) in [5, 5.41) is 0. The number of methoxy groups -OCH3 is 1. The van der Waals surface area contributed by atoms with Crippen molar-refractivity contribution in [3.63, 3.8) is 0 Å². The SMILES string of the molecule is COC1CCN(CCCCS(=O)(=O)c2ccccc2)CC1. The number of likely N-dealkylation sites (tertiary alicyclic amines) is 1. The number of ether oxygens (including phenoxy) is 1. The third kappa shape index (κ3) is 5.09. The molecule has 0 atom stereocenters. The molecule has 1 aromatic rings. The van der Waals surface area contributed by atoms with E-state index < -0.39 is 9.84 Å². The minimum absolute atomic E-state index is 0.242. The first-order valence-electron chi connectivity index (χ1n) is 7.65. The average molecular weight is 311 g/mol. The van der Waals surface area contributed by atoms with E-state index in [4.69, 9.17) is 4.74 Å². The van der Waals surface area contributed by atoms with Crippen LogP contribution in [0.4, 0.5) is 0 Å². The van der Waals surface area contributed by atoms with Crippen molar-refractivity contribution in [2.24, 2.45) is 0 Å². The summed E-state index contributed by atoms with van der Waals surface area (Å²) in [6.07, 6.45) is 4.22. The molecule has 1 saturated heterocycles. The number of hydrogen-bond donors (Lipinski definition) is 0. The third-order valence-electron chi connectivity index (χ3n) is 4.11. The van der Waals surface area contributed by atoms with Gasteiger partial charge in [-0.1, -0.05) is 18.2 Å². The molecule has 21 heavy (non-hydrogen) atoms. The van der Waals surface area contributed by atoms with E-state index in [2.05, 4.69) is 4.90 Å². The van der Waals surface area contributed by atoms with Gasteiger partial charge in [-0.05, 0) is 44.4 Å². The first-order valence-corrected chi connectivity index (χ1v) is 9.30. The maximum absolute atomic E-state index is 12.1. The van der Waals surface area contributed by atoms with Gasteiger partial charge in [0, 0.05) is 20.2 Å². The molecule has 0 unspecified atom stereocenters. The summed E-state index contributed by atoms with van der Waals surface area (Å²) in [6.45, 7) is 3.11. The first-order chi connectivity index (χ1) is 10.1. The number of unbranched alkanes of at least 4 members (excludes halogenated alkanes) is 1. The fourth-order valence-electron chi connectivity index (χ4n) is 2.74. The fraction of sp³-hybridized carbons (Fsp3) is 0.625. The predicted octanol–water partition coefficient (Wildman–Crippen LogP) is 2.35. The molecule has 0 aliphatic carbocycles. The number of rotatable bonds is 7. The van der Waals surface area contributed by atoms with Crippen molar-refractivity contribution in [2.45, 2.75) is 36.7 Å². The van der Waals surface area contributed by atoms with Crippen molar-refractivity contribution in [1.29, 1.82) is 0 Å². The third-order valence-corrected chi connectivity index (χ3v) is 5.92. The van der Waals surface area contributed by atoms with Crippen molar-refractivity contribution in [3.8, 4) is 0 Å². The van der Waals surface area contributed by atoms with E-state index in [1.54, 1.807) is 31.4 Å². The van der Waals surface area contributed by atoms with Gasteiger partial charge in [0.25, 0.3) is 0 Å². The molecule has 1 aliphatic heterocycles. The highest BCUT2D eigenvalue weighted by Crippen LogP contribution is 2.15. The Morgan fingerprint density at radius 3 is 2.43 bits per heavy atom. The van der Waals surface area contributed by atoms with Crippen LogP contribution in [0.25, 0.3) is 0 Å². The lowest BCUT2D eigenvalue weighted by atomic mass is 10.1. The lowest BCUT2D eigenvalue weighted by Crippen LogP contribution is -2.37. The molecule has 0 saturated carbocycles. The zero-order chi connectivity index (χ0) is 15.1. The van der Waals surface area contributed by atoms with Gasteiger partial charge in [-0.25, -0.2) is 8.42 Å². The zero-order valence-corrected chi connectivity index (χ0v) is 13.5. The largest absolute Gasteiger partial charge is 0.381 e. The van der Waals surface area contributed by atoms with Gasteiger partial charge in [0.15, 0.2) is 9.84 Å². The normalized spacial score (nSPS) is 18.0. The molecule has 0 bridgehead atoms. The van der Waals surface area contributed by atoms with Crippen LogP contribution in [0.5, 0.6) is 0 Å². The van der Waals surface area contributed by atoms with Gasteiger partial charge in [-0.15, -0.1) is 0 Å². The molecular formula is C16H25NO3S. The predicted molar refractivity (Wildman–Crippen MR) is 84.2 cm³/mol. The van der Waals surface area contributed by atoms with E-state index in [0.717, 1.165) is 45.3 Å². The van der Waals surface area contributed by atoms with E-state index in [9.17, 15) is 8.42 Å². The van der Waals surface area contributed by atoms with Crippen LogP contribution in [0.2, 0.25) is 0 Å². The van der Waals surface area contributed by atoms with Gasteiger partial charge in [-0.3, -0.25) is 0 Å². The van der Waals surface area contributed by atoms with Gasteiger partial charge in [0.05, 0.1) is 16.8 Å². The fourth-order valence-corrected chi connectivity index (χ4v) is 4.13. The van der Waals surface area contributed by atoms with Gasteiger partial charge in [0.1, 0.15) is 0 Å². The van der Waals surface area contributed by atoms with Crippen LogP contribution in [-0.4, -0.2) is 51.9 Å². The second kappa shape index (κ2) is 7.92. The Hall–Kier alpha value is -0.910. The van der Waals surface area contributed by atoms with Crippen molar-refractivity contribution in [1.82, 2.24) is 4.90 Å². The van der Waals surface area contributed by atoms with Gasteiger partial charge >= 0.3 is 0 Å². The maximum Gasteiger partial charge on any atom is 0.178 e. The van der Waals surface area contributed by atoms with Crippen LogP contribution in [0.3, 0.4) is 0 Å². The number of benzene rings is 1. The van der Waals surface area contributed by atoms with E-state index in [1.165, 1.54) is 0 Å². The van der Waals surface area contributed by atoms with Crippen molar-refractivity contribution in [2.75, 3.05) is 32.5 Å². The molecule has 1 aliphatic rings. The van der Waals surface area contributed by atoms with Crippen molar-refractivity contribution < 1.29 is 13.2 Å².